The van der Waals surface area contributed by atoms with Crippen molar-refractivity contribution in [2.24, 2.45) is 0 Å². The van der Waals surface area contributed by atoms with Crippen LogP contribution < -0.4 is 10.1 Å². The summed E-state index contributed by atoms with van der Waals surface area (Å²) < 4.78 is 13.1. The maximum atomic E-state index is 13.2. The van der Waals surface area contributed by atoms with Crippen LogP contribution in [0.3, 0.4) is 0 Å². The Morgan fingerprint density at radius 3 is 2.76 bits per heavy atom. The highest BCUT2D eigenvalue weighted by Gasteiger charge is 2.39. The SMILES string of the molecule is C=CCn1nc(C(=O)NC2CC3COCC(C2)N3Cc2cccc(OC)c2)c2ccccc21. The van der Waals surface area contributed by atoms with Gasteiger partial charge in [-0.25, -0.2) is 0 Å². The lowest BCUT2D eigenvalue weighted by molar-refractivity contribution is -0.0843. The monoisotopic (exact) mass is 446 g/mol. The Morgan fingerprint density at radius 2 is 2.00 bits per heavy atom. The normalized spacial score (nSPS) is 22.8. The molecule has 2 aliphatic heterocycles. The maximum Gasteiger partial charge on any atom is 0.272 e. The number of fused-ring (bicyclic) bond motifs is 3. The van der Waals surface area contributed by atoms with Crippen LogP contribution in [0.5, 0.6) is 5.75 Å². The molecular weight excluding hydrogens is 416 g/mol. The number of allylic oxidation sites excluding steroid dienone is 1. The average molecular weight is 447 g/mol. The molecule has 2 atom stereocenters. The number of nitrogens with zero attached hydrogens (tertiary/aromatic N) is 3. The molecule has 2 aliphatic rings. The molecule has 3 aromatic rings. The summed E-state index contributed by atoms with van der Waals surface area (Å²) >= 11 is 0. The molecule has 2 aromatic carbocycles. The van der Waals surface area contributed by atoms with Crippen molar-refractivity contribution >= 4 is 16.8 Å². The molecule has 7 nitrogen and oxygen atoms in total. The van der Waals surface area contributed by atoms with Crippen molar-refractivity contribution in [2.75, 3.05) is 20.3 Å². The molecular formula is C26H30N4O3. The van der Waals surface area contributed by atoms with Crippen LogP contribution in [0.25, 0.3) is 10.9 Å². The number of carbonyl (C=O) groups excluding carboxylic acids is 1. The first-order chi connectivity index (χ1) is 16.2. The number of hydrogen-bond acceptors (Lipinski definition) is 5. The van der Waals surface area contributed by atoms with Gasteiger partial charge in [-0.1, -0.05) is 36.4 Å². The van der Waals surface area contributed by atoms with Gasteiger partial charge in [-0.15, -0.1) is 6.58 Å². The van der Waals surface area contributed by atoms with Crippen molar-refractivity contribution in [3.63, 3.8) is 0 Å². The van der Waals surface area contributed by atoms with Gasteiger partial charge in [0.25, 0.3) is 5.91 Å². The predicted octanol–water partition coefficient (Wildman–Crippen LogP) is 3.39. The van der Waals surface area contributed by atoms with E-state index in [0.29, 0.717) is 25.5 Å². The number of rotatable bonds is 7. The zero-order chi connectivity index (χ0) is 22.8. The first-order valence-electron chi connectivity index (χ1n) is 11.5. The third kappa shape index (κ3) is 4.38. The van der Waals surface area contributed by atoms with Crippen molar-refractivity contribution in [1.82, 2.24) is 20.0 Å². The third-order valence-corrected chi connectivity index (χ3v) is 6.68. The lowest BCUT2D eigenvalue weighted by atomic mass is 9.89. The van der Waals surface area contributed by atoms with Gasteiger partial charge < -0.3 is 14.8 Å². The van der Waals surface area contributed by atoms with Gasteiger partial charge in [0.2, 0.25) is 0 Å². The smallest absolute Gasteiger partial charge is 0.272 e. The number of aromatic nitrogens is 2. The number of carbonyl (C=O) groups is 1. The summed E-state index contributed by atoms with van der Waals surface area (Å²) in [5, 5.41) is 8.73. The van der Waals surface area contributed by atoms with Crippen LogP contribution in [0.2, 0.25) is 0 Å². The van der Waals surface area contributed by atoms with E-state index >= 15 is 0 Å². The van der Waals surface area contributed by atoms with Gasteiger partial charge >= 0.3 is 0 Å². The Bertz CT molecular complexity index is 1140. The molecule has 2 saturated heterocycles. The molecule has 2 fully saturated rings. The fraction of sp³-hybridized carbons (Fsp3) is 0.385. The van der Waals surface area contributed by atoms with Crippen molar-refractivity contribution in [1.29, 1.82) is 0 Å². The largest absolute Gasteiger partial charge is 0.497 e. The lowest BCUT2D eigenvalue weighted by Gasteiger charge is -2.48. The fourth-order valence-corrected chi connectivity index (χ4v) is 5.16. The first-order valence-corrected chi connectivity index (χ1v) is 11.5. The van der Waals surface area contributed by atoms with Crippen LogP contribution in [-0.2, 0) is 17.8 Å². The van der Waals surface area contributed by atoms with Gasteiger partial charge in [-0.3, -0.25) is 14.4 Å². The summed E-state index contributed by atoms with van der Waals surface area (Å²) in [7, 11) is 1.69. The minimum Gasteiger partial charge on any atom is -0.497 e. The van der Waals surface area contributed by atoms with E-state index in [1.807, 2.05) is 41.1 Å². The van der Waals surface area contributed by atoms with Gasteiger partial charge in [0.1, 0.15) is 5.75 Å². The number of benzene rings is 2. The molecule has 33 heavy (non-hydrogen) atoms. The highest BCUT2D eigenvalue weighted by atomic mass is 16.5. The van der Waals surface area contributed by atoms with Crippen molar-refractivity contribution in [3.05, 3.63) is 72.4 Å². The quantitative estimate of drug-likeness (QED) is 0.564. The summed E-state index contributed by atoms with van der Waals surface area (Å²) in [5.41, 5.74) is 2.65. The van der Waals surface area contributed by atoms with Gasteiger partial charge in [-0.05, 0) is 36.6 Å². The number of hydrogen-bond donors (Lipinski definition) is 1. The number of amides is 1. The Labute approximate surface area is 194 Å². The topological polar surface area (TPSA) is 68.6 Å². The zero-order valence-electron chi connectivity index (χ0n) is 18.9. The molecule has 0 aliphatic carbocycles. The molecule has 3 heterocycles. The first kappa shape index (κ1) is 21.7. The Balaban J connectivity index is 1.30. The van der Waals surface area contributed by atoms with Crippen LogP contribution in [0, 0.1) is 0 Å². The van der Waals surface area contributed by atoms with Gasteiger partial charge in [0.15, 0.2) is 5.69 Å². The lowest BCUT2D eigenvalue weighted by Crippen LogP contribution is -2.60. The molecule has 1 aromatic heterocycles. The maximum absolute atomic E-state index is 13.2. The fourth-order valence-electron chi connectivity index (χ4n) is 5.16. The van der Waals surface area contributed by atoms with Gasteiger partial charge in [-0.2, -0.15) is 5.10 Å². The van der Waals surface area contributed by atoms with Crippen LogP contribution in [0.15, 0.2) is 61.2 Å². The molecule has 7 heteroatoms. The van der Waals surface area contributed by atoms with Crippen LogP contribution >= 0.6 is 0 Å². The molecule has 5 rings (SSSR count). The van der Waals surface area contributed by atoms with Crippen LogP contribution in [0.1, 0.15) is 28.9 Å². The second-order valence-electron chi connectivity index (χ2n) is 8.85. The number of para-hydroxylation sites is 1. The molecule has 1 N–H and O–H groups in total. The minimum absolute atomic E-state index is 0.0984. The minimum atomic E-state index is -0.112. The predicted molar refractivity (Wildman–Crippen MR) is 127 cm³/mol. The highest BCUT2D eigenvalue weighted by molar-refractivity contribution is 6.05. The average Bonchev–Trinajstić information content (AvgIpc) is 3.19. The number of nitrogens with one attached hydrogen (secondary N) is 1. The second-order valence-corrected chi connectivity index (χ2v) is 8.85. The van der Waals surface area contributed by atoms with Gasteiger partial charge in [0, 0.05) is 30.1 Å². The summed E-state index contributed by atoms with van der Waals surface area (Å²) in [6.07, 6.45) is 3.51. The van der Waals surface area contributed by atoms with E-state index < -0.39 is 0 Å². The van der Waals surface area contributed by atoms with E-state index in [0.717, 1.165) is 36.0 Å². The molecule has 0 spiro atoms. The molecule has 0 saturated carbocycles. The standard InChI is InChI=1S/C26H30N4O3/c1-3-11-30-24-10-5-4-9-23(24)25(28-30)26(31)27-19-13-20-16-33-17-21(14-19)29(20)15-18-7-6-8-22(12-18)32-2/h3-10,12,19-21H,1,11,13-17H2,2H3,(H,27,31). The second kappa shape index (κ2) is 9.37. The Hall–Kier alpha value is -3.16. The van der Waals surface area contributed by atoms with Crippen LogP contribution in [-0.4, -0.2) is 59.0 Å². The molecule has 2 unspecified atom stereocenters. The van der Waals surface area contributed by atoms with E-state index in [1.54, 1.807) is 13.2 Å². The van der Waals surface area contributed by atoms with E-state index in [-0.39, 0.29) is 24.0 Å². The van der Waals surface area contributed by atoms with Crippen molar-refractivity contribution in [3.8, 4) is 5.75 Å². The van der Waals surface area contributed by atoms with E-state index in [2.05, 4.69) is 34.0 Å². The number of methoxy groups -OCH3 is 1. The molecule has 2 bridgehead atoms. The Morgan fingerprint density at radius 1 is 1.21 bits per heavy atom. The number of ether oxygens (including phenoxy) is 2. The summed E-state index contributed by atoms with van der Waals surface area (Å²) in [6, 6.07) is 16.7. The van der Waals surface area contributed by atoms with E-state index in [9.17, 15) is 4.79 Å². The highest BCUT2D eigenvalue weighted by Crippen LogP contribution is 2.30. The van der Waals surface area contributed by atoms with Crippen LogP contribution in [0.4, 0.5) is 0 Å². The molecule has 1 amide bonds. The molecule has 172 valence electrons. The Kier molecular flexibility index (Phi) is 6.15. The van der Waals surface area contributed by atoms with Crippen molar-refractivity contribution in [2.45, 2.75) is 44.1 Å². The summed E-state index contributed by atoms with van der Waals surface area (Å²) in [6.45, 7) is 6.59. The van der Waals surface area contributed by atoms with Crippen molar-refractivity contribution < 1.29 is 14.3 Å². The zero-order valence-corrected chi connectivity index (χ0v) is 18.9. The molecule has 0 radical (unpaired) electrons. The third-order valence-electron chi connectivity index (χ3n) is 6.68. The summed E-state index contributed by atoms with van der Waals surface area (Å²) in [4.78, 5) is 15.8. The van der Waals surface area contributed by atoms with E-state index in [1.165, 1.54) is 5.56 Å². The number of morpholine rings is 1. The summed E-state index contributed by atoms with van der Waals surface area (Å²) in [5.74, 6) is 0.762. The number of piperidine rings is 1. The van der Waals surface area contributed by atoms with Gasteiger partial charge in [0.05, 0.1) is 32.4 Å². The van der Waals surface area contributed by atoms with E-state index in [4.69, 9.17) is 9.47 Å².